The van der Waals surface area contributed by atoms with E-state index in [-0.39, 0.29) is 33.2 Å². The average molecular weight is 555 g/mol. The minimum atomic E-state index is -5.01. The van der Waals surface area contributed by atoms with Crippen LogP contribution in [0.3, 0.4) is 0 Å². The molecule has 0 aromatic heterocycles. The molecule has 0 aliphatic carbocycles. The summed E-state index contributed by atoms with van der Waals surface area (Å²) in [4.78, 5) is 9.94. The van der Waals surface area contributed by atoms with Gasteiger partial charge in [-0.3, -0.25) is 9.11 Å². The van der Waals surface area contributed by atoms with Crippen LogP contribution < -0.4 is 10.2 Å². The maximum atomic E-state index is 12.7. The Hall–Kier alpha value is -3.39. The first-order valence-electron chi connectivity index (χ1n) is 9.26. The van der Waals surface area contributed by atoms with Gasteiger partial charge in [-0.25, -0.2) is 0 Å². The van der Waals surface area contributed by atoms with Crippen molar-refractivity contribution in [3.05, 3.63) is 66.2 Å². The molecule has 2 N–H and O–H groups in total. The molecule has 179 valence electrons. The van der Waals surface area contributed by atoms with Gasteiger partial charge in [-0.2, -0.15) is 21.9 Å². The molecule has 0 bridgehead atoms. The number of benzene rings is 4. The summed E-state index contributed by atoms with van der Waals surface area (Å²) in [5.41, 5.74) is -1.56. The van der Waals surface area contributed by atoms with E-state index in [1.165, 1.54) is 18.2 Å². The molecule has 11 nitrogen and oxygen atoms in total. The molecule has 0 unspecified atom stereocenters. The second-order valence-corrected chi connectivity index (χ2v) is 9.77. The fourth-order valence-electron chi connectivity index (χ4n) is 3.53. The first-order valence-corrected chi connectivity index (χ1v) is 12.1. The van der Waals surface area contributed by atoms with Crippen LogP contribution in [0.4, 0.5) is 11.4 Å². The van der Waals surface area contributed by atoms with E-state index in [4.69, 9.17) is 0 Å². The Balaban J connectivity index is 0.00000342. The fraction of sp³-hybridized carbons (Fsp3) is 0. The van der Waals surface area contributed by atoms with Gasteiger partial charge in [-0.1, -0.05) is 48.2 Å². The molecule has 0 spiro atoms. The van der Waals surface area contributed by atoms with E-state index in [0.717, 1.165) is 30.3 Å². The van der Waals surface area contributed by atoms with Gasteiger partial charge < -0.3 is 15.0 Å². The molecule has 4 aromatic rings. The monoisotopic (exact) mass is 555 g/mol. The van der Waals surface area contributed by atoms with Crippen LogP contribution in [0.15, 0.2) is 80.7 Å². The minimum Gasteiger partial charge on any atom is -0.871 e. The molecule has 0 saturated heterocycles. The van der Waals surface area contributed by atoms with E-state index >= 15 is 0 Å². The number of hydrogen-bond acceptors (Lipinski definition) is 9. The molecular formula is C21H12MnN2O9S2. The standard InChI is InChI=1S/C21H14N2O9S2.Mn/c24-19-15(21(25)26)10-11-4-1-2-5-12(11)18(19)23-22-16-9-8-13-14(20(16)34(30,31)32)6-3-7-17(13)33(27,28)29;/h1-10,24H,(H,25,26)(H,27,28,29)(H,30,31,32);/q;+2/p-2. The molecule has 35 heavy (non-hydrogen) atoms. The predicted molar refractivity (Wildman–Crippen MR) is 115 cm³/mol. The Bertz CT molecular complexity index is 1750. The predicted octanol–water partition coefficient (Wildman–Crippen LogP) is 2.34. The molecule has 0 aliphatic heterocycles. The zero-order chi connectivity index (χ0) is 24.8. The number of azo groups is 1. The molecule has 0 amide bonds. The zero-order valence-electron chi connectivity index (χ0n) is 17.1. The molecule has 1 radical (unpaired) electrons. The fourth-order valence-corrected chi connectivity index (χ4v) is 5.06. The molecule has 0 saturated carbocycles. The van der Waals surface area contributed by atoms with Crippen LogP contribution in [0.1, 0.15) is 10.4 Å². The number of carboxylic acid groups (broad SMARTS) is 1. The van der Waals surface area contributed by atoms with Crippen LogP contribution in [-0.4, -0.2) is 31.9 Å². The van der Waals surface area contributed by atoms with Crippen molar-refractivity contribution >= 4 is 59.1 Å². The summed E-state index contributed by atoms with van der Waals surface area (Å²) >= 11 is 0. The summed E-state index contributed by atoms with van der Waals surface area (Å²) in [6, 6.07) is 12.8. The number of nitrogens with zero attached hydrogens (tertiary/aromatic N) is 2. The molecular weight excluding hydrogens is 543 g/mol. The van der Waals surface area contributed by atoms with Crippen LogP contribution in [0, 0.1) is 0 Å². The van der Waals surface area contributed by atoms with Crippen LogP contribution in [0.2, 0.25) is 0 Å². The first kappa shape index (κ1) is 26.2. The van der Waals surface area contributed by atoms with Crippen molar-refractivity contribution in [2.24, 2.45) is 10.2 Å². The quantitative estimate of drug-likeness (QED) is 0.211. The second kappa shape index (κ2) is 9.34. The van der Waals surface area contributed by atoms with Gasteiger partial charge in [0.1, 0.15) is 15.5 Å². The summed E-state index contributed by atoms with van der Waals surface area (Å²) in [5.74, 6) is -2.76. The summed E-state index contributed by atoms with van der Waals surface area (Å²) in [6.45, 7) is 0. The van der Waals surface area contributed by atoms with E-state index in [2.05, 4.69) is 10.2 Å². The van der Waals surface area contributed by atoms with E-state index < -0.39 is 58.7 Å². The molecule has 4 rings (SSSR count). The van der Waals surface area contributed by atoms with Gasteiger partial charge in [0.2, 0.25) is 0 Å². The summed E-state index contributed by atoms with van der Waals surface area (Å²) < 4.78 is 66.9. The largest absolute Gasteiger partial charge is 2.00 e. The van der Waals surface area contributed by atoms with E-state index in [1.54, 1.807) is 12.1 Å². The molecule has 14 heteroatoms. The third-order valence-corrected chi connectivity index (χ3v) is 6.80. The normalized spacial score (nSPS) is 12.2. The third-order valence-electron chi connectivity index (χ3n) is 4.94. The number of rotatable bonds is 5. The van der Waals surface area contributed by atoms with Gasteiger partial charge in [-0.15, -0.1) is 5.11 Å². The maximum Gasteiger partial charge on any atom is 2.00 e. The van der Waals surface area contributed by atoms with E-state index in [9.17, 15) is 40.9 Å². The molecule has 0 heterocycles. The van der Waals surface area contributed by atoms with Gasteiger partial charge in [-0.05, 0) is 29.1 Å². The topological polar surface area (TPSA) is 197 Å². The van der Waals surface area contributed by atoms with Crippen LogP contribution >= 0.6 is 0 Å². The molecule has 0 fully saturated rings. The Morgan fingerprint density at radius 3 is 2.09 bits per heavy atom. The zero-order valence-corrected chi connectivity index (χ0v) is 19.9. The first-order chi connectivity index (χ1) is 15.9. The van der Waals surface area contributed by atoms with Gasteiger partial charge >= 0.3 is 17.1 Å². The smallest absolute Gasteiger partial charge is 0.871 e. The van der Waals surface area contributed by atoms with Crippen molar-refractivity contribution in [3.8, 4) is 5.75 Å². The van der Waals surface area contributed by atoms with E-state index in [1.807, 2.05) is 0 Å². The van der Waals surface area contributed by atoms with Crippen molar-refractivity contribution in [2.75, 3.05) is 0 Å². The summed E-state index contributed by atoms with van der Waals surface area (Å²) in [5, 5.41) is 31.6. The van der Waals surface area contributed by atoms with Crippen molar-refractivity contribution in [3.63, 3.8) is 0 Å². The van der Waals surface area contributed by atoms with E-state index in [0.29, 0.717) is 5.39 Å². The number of hydrogen-bond donors (Lipinski definition) is 2. The van der Waals surface area contributed by atoms with Crippen molar-refractivity contribution in [2.45, 2.75) is 9.79 Å². The van der Waals surface area contributed by atoms with Crippen molar-refractivity contribution in [1.29, 1.82) is 0 Å². The maximum absolute atomic E-state index is 12.7. The Morgan fingerprint density at radius 1 is 0.800 bits per heavy atom. The van der Waals surface area contributed by atoms with Gasteiger partial charge in [0.25, 0.3) is 20.2 Å². The third kappa shape index (κ3) is 4.89. The van der Waals surface area contributed by atoms with Crippen molar-refractivity contribution in [1.82, 2.24) is 0 Å². The van der Waals surface area contributed by atoms with Gasteiger partial charge in [0.15, 0.2) is 0 Å². The number of fused-ring (bicyclic) bond motifs is 2. The van der Waals surface area contributed by atoms with Gasteiger partial charge in [0.05, 0.1) is 11.7 Å². The van der Waals surface area contributed by atoms with Gasteiger partial charge in [0, 0.05) is 16.2 Å². The van der Waals surface area contributed by atoms with Crippen LogP contribution in [0.25, 0.3) is 21.5 Å². The Kier molecular flexibility index (Phi) is 6.99. The SMILES string of the molecule is O=C([O-])c1cc2ccccc2c(N=Nc2ccc3c(S(=O)(=O)O)cccc3c2S(=O)(=O)O)c1[O-].[Mn+2]. The Labute approximate surface area is 208 Å². The average Bonchev–Trinajstić information content (AvgIpc) is 2.75. The van der Waals surface area contributed by atoms with Crippen LogP contribution in [-0.2, 0) is 37.3 Å². The number of carboxylic acids is 1. The van der Waals surface area contributed by atoms with Crippen LogP contribution in [0.5, 0.6) is 5.75 Å². The second-order valence-electron chi connectivity index (χ2n) is 7.03. The number of carbonyl (C=O) groups is 1. The number of aromatic carboxylic acids is 1. The van der Waals surface area contributed by atoms with Crippen molar-refractivity contribution < 1.29 is 58.0 Å². The molecule has 4 aromatic carbocycles. The minimum absolute atomic E-state index is 0. The molecule has 0 atom stereocenters. The summed E-state index contributed by atoms with van der Waals surface area (Å²) in [6.07, 6.45) is 0. The Morgan fingerprint density at radius 2 is 1.46 bits per heavy atom. The number of carbonyl (C=O) groups excluding carboxylic acids is 1. The molecule has 0 aliphatic rings. The summed E-state index contributed by atoms with van der Waals surface area (Å²) in [7, 11) is -9.75.